The van der Waals surface area contributed by atoms with Crippen LogP contribution < -0.4 is 10.2 Å². The Balaban J connectivity index is 1.30. The van der Waals surface area contributed by atoms with Gasteiger partial charge in [-0.25, -0.2) is 4.79 Å². The second-order valence-electron chi connectivity index (χ2n) is 11.1. The highest BCUT2D eigenvalue weighted by atomic mass is 16.5. The van der Waals surface area contributed by atoms with Gasteiger partial charge in [-0.1, -0.05) is 42.5 Å². The third kappa shape index (κ3) is 5.29. The molecule has 3 aromatic rings. The molecule has 3 heterocycles. The highest BCUT2D eigenvalue weighted by Crippen LogP contribution is 2.40. The van der Waals surface area contributed by atoms with Gasteiger partial charge in [0, 0.05) is 57.6 Å². The van der Waals surface area contributed by atoms with E-state index in [1.165, 1.54) is 7.11 Å². The van der Waals surface area contributed by atoms with Gasteiger partial charge in [0.15, 0.2) is 0 Å². The molecule has 0 radical (unpaired) electrons. The van der Waals surface area contributed by atoms with E-state index in [2.05, 4.69) is 34.3 Å². The first-order chi connectivity index (χ1) is 20.3. The number of esters is 1. The summed E-state index contributed by atoms with van der Waals surface area (Å²) in [4.78, 5) is 47.2. The van der Waals surface area contributed by atoms with Crippen LogP contribution in [0.1, 0.15) is 32.6 Å². The zero-order valence-electron chi connectivity index (χ0n) is 24.2. The summed E-state index contributed by atoms with van der Waals surface area (Å²) in [7, 11) is 5.40. The lowest BCUT2D eigenvalue weighted by Crippen LogP contribution is -2.48. The lowest BCUT2D eigenvalue weighted by molar-refractivity contribution is -0.133. The van der Waals surface area contributed by atoms with Crippen LogP contribution in [0.4, 0.5) is 11.4 Å². The third-order valence-electron chi connectivity index (χ3n) is 8.41. The van der Waals surface area contributed by atoms with Crippen LogP contribution in [0.15, 0.2) is 66.7 Å². The molecule has 216 valence electrons. The van der Waals surface area contributed by atoms with E-state index in [-0.39, 0.29) is 11.8 Å². The van der Waals surface area contributed by atoms with Gasteiger partial charge in [-0.05, 0) is 48.0 Å². The second-order valence-corrected chi connectivity index (χ2v) is 11.1. The number of hydrogen-bond donors (Lipinski definition) is 1. The summed E-state index contributed by atoms with van der Waals surface area (Å²) in [6, 6.07) is 21.2. The number of likely N-dealkylation sites (N-methyl/N-ethyl adjacent to an activating group) is 1. The monoisotopic (exact) mass is 565 g/mol. The minimum Gasteiger partial charge on any atom is -0.465 e. The number of benzene rings is 3. The highest BCUT2D eigenvalue weighted by Gasteiger charge is 2.32. The largest absolute Gasteiger partial charge is 0.465 e. The number of anilines is 2. The number of nitrogens with one attached hydrogen (secondary N) is 1. The molecular formula is C33H35N5O4. The average Bonchev–Trinajstić information content (AvgIpc) is 3.58. The van der Waals surface area contributed by atoms with Crippen molar-refractivity contribution in [2.45, 2.75) is 13.1 Å². The number of carbonyl (C=O) groups is 3. The van der Waals surface area contributed by atoms with Crippen LogP contribution in [0, 0.1) is 0 Å². The van der Waals surface area contributed by atoms with Gasteiger partial charge in [-0.3, -0.25) is 14.5 Å². The van der Waals surface area contributed by atoms with E-state index >= 15 is 0 Å². The van der Waals surface area contributed by atoms with Crippen molar-refractivity contribution >= 4 is 40.4 Å². The molecule has 0 unspecified atom stereocenters. The Morgan fingerprint density at radius 2 is 1.64 bits per heavy atom. The Labute approximate surface area is 245 Å². The van der Waals surface area contributed by atoms with Gasteiger partial charge in [-0.2, -0.15) is 0 Å². The van der Waals surface area contributed by atoms with Gasteiger partial charge in [0.2, 0.25) is 5.91 Å². The highest BCUT2D eigenvalue weighted by molar-refractivity contribution is 6.37. The molecule has 0 spiro atoms. The smallest absolute Gasteiger partial charge is 0.337 e. The van der Waals surface area contributed by atoms with Crippen molar-refractivity contribution < 1.29 is 19.1 Å². The Morgan fingerprint density at radius 3 is 2.38 bits per heavy atom. The van der Waals surface area contributed by atoms with Crippen molar-refractivity contribution in [3.05, 3.63) is 94.5 Å². The summed E-state index contributed by atoms with van der Waals surface area (Å²) >= 11 is 0. The van der Waals surface area contributed by atoms with Gasteiger partial charge in [0.1, 0.15) is 0 Å². The average molecular weight is 566 g/mol. The van der Waals surface area contributed by atoms with Crippen molar-refractivity contribution in [2.75, 3.05) is 64.1 Å². The van der Waals surface area contributed by atoms with Crippen LogP contribution in [-0.2, 0) is 27.4 Å². The molecule has 6 rings (SSSR count). The standard InChI is InChI=1S/C33H35N5O4/c1-35-13-15-37(16-14-35)21-29(39)38-19-24-9-11-26(17-25(24)20-38)36(2)31(22-7-5-4-6-8-22)30-27-12-10-23(33(41)42-3)18-28(27)34-32(30)40/h4-12,17-18H,13-16,19-21H2,1-3H3,(H,34,40)/b31-30-. The zero-order chi connectivity index (χ0) is 29.4. The molecule has 3 aromatic carbocycles. The number of nitrogens with zero attached hydrogens (tertiary/aromatic N) is 4. The number of rotatable bonds is 6. The summed E-state index contributed by atoms with van der Waals surface area (Å²) in [5.41, 5.74) is 7.01. The molecule has 9 nitrogen and oxygen atoms in total. The molecule has 1 saturated heterocycles. The van der Waals surface area contributed by atoms with E-state index in [9.17, 15) is 14.4 Å². The van der Waals surface area contributed by atoms with Gasteiger partial charge < -0.3 is 24.8 Å². The van der Waals surface area contributed by atoms with Crippen LogP contribution >= 0.6 is 0 Å². The molecule has 0 aromatic heterocycles. The van der Waals surface area contributed by atoms with Gasteiger partial charge >= 0.3 is 5.97 Å². The summed E-state index contributed by atoms with van der Waals surface area (Å²) < 4.78 is 4.86. The second kappa shape index (κ2) is 11.4. The fourth-order valence-corrected chi connectivity index (χ4v) is 5.95. The van der Waals surface area contributed by atoms with Crippen molar-refractivity contribution in [1.82, 2.24) is 14.7 Å². The van der Waals surface area contributed by atoms with Crippen molar-refractivity contribution in [1.29, 1.82) is 0 Å². The topological polar surface area (TPSA) is 85.4 Å². The molecule has 1 N–H and O–H groups in total. The summed E-state index contributed by atoms with van der Waals surface area (Å²) in [5.74, 6) is -0.540. The fourth-order valence-electron chi connectivity index (χ4n) is 5.95. The Morgan fingerprint density at radius 1 is 0.905 bits per heavy atom. The van der Waals surface area contributed by atoms with Crippen molar-refractivity contribution in [3.63, 3.8) is 0 Å². The molecule has 3 aliphatic rings. The first-order valence-electron chi connectivity index (χ1n) is 14.2. The van der Waals surface area contributed by atoms with Gasteiger partial charge in [-0.15, -0.1) is 0 Å². The van der Waals surface area contributed by atoms with Gasteiger partial charge in [0.25, 0.3) is 5.91 Å². The molecule has 3 aliphatic heterocycles. The quantitative estimate of drug-likeness (QED) is 0.362. The molecule has 9 heteroatoms. The number of piperazine rings is 1. The molecule has 0 saturated carbocycles. The Kier molecular flexibility index (Phi) is 7.53. The van der Waals surface area contributed by atoms with E-state index in [1.54, 1.807) is 18.2 Å². The number of carbonyl (C=O) groups excluding carboxylic acids is 3. The van der Waals surface area contributed by atoms with Crippen LogP contribution in [0.25, 0.3) is 11.3 Å². The normalized spacial score (nSPS) is 17.9. The number of hydrogen-bond acceptors (Lipinski definition) is 7. The molecule has 0 bridgehead atoms. The third-order valence-corrected chi connectivity index (χ3v) is 8.41. The van der Waals surface area contributed by atoms with Crippen molar-refractivity contribution in [2.24, 2.45) is 0 Å². The summed E-state index contributed by atoms with van der Waals surface area (Å²) in [6.45, 7) is 5.42. The zero-order valence-corrected chi connectivity index (χ0v) is 24.2. The van der Waals surface area contributed by atoms with E-state index in [0.717, 1.165) is 59.8 Å². The Hall–Kier alpha value is -4.47. The molecule has 0 aliphatic carbocycles. The van der Waals surface area contributed by atoms with E-state index < -0.39 is 5.97 Å². The number of methoxy groups -OCH3 is 1. The van der Waals surface area contributed by atoms with Gasteiger partial charge in [0.05, 0.1) is 36.2 Å². The number of amides is 2. The van der Waals surface area contributed by atoms with Crippen molar-refractivity contribution in [3.8, 4) is 0 Å². The lowest BCUT2D eigenvalue weighted by atomic mass is 9.98. The summed E-state index contributed by atoms with van der Waals surface area (Å²) in [5, 5.41) is 2.94. The maximum Gasteiger partial charge on any atom is 0.337 e. The minimum atomic E-state index is -0.459. The molecule has 2 amide bonds. The van der Waals surface area contributed by atoms with E-state index in [4.69, 9.17) is 4.74 Å². The summed E-state index contributed by atoms with van der Waals surface area (Å²) in [6.07, 6.45) is 0. The number of ether oxygens (including phenoxy) is 1. The van der Waals surface area contributed by atoms with Crippen LogP contribution in [0.5, 0.6) is 0 Å². The minimum absolute atomic E-state index is 0.156. The lowest BCUT2D eigenvalue weighted by Gasteiger charge is -2.32. The predicted molar refractivity (Wildman–Crippen MR) is 163 cm³/mol. The first-order valence-corrected chi connectivity index (χ1v) is 14.2. The maximum absolute atomic E-state index is 13.5. The van der Waals surface area contributed by atoms with Crippen LogP contribution in [-0.4, -0.2) is 86.4 Å². The van der Waals surface area contributed by atoms with E-state index in [1.807, 2.05) is 53.2 Å². The van der Waals surface area contributed by atoms with Crippen LogP contribution in [0.3, 0.4) is 0 Å². The molecule has 42 heavy (non-hydrogen) atoms. The number of fused-ring (bicyclic) bond motifs is 2. The first kappa shape index (κ1) is 27.7. The van der Waals surface area contributed by atoms with E-state index in [0.29, 0.717) is 36.5 Å². The fraction of sp³-hybridized carbons (Fsp3) is 0.303. The Bertz CT molecular complexity index is 1580. The predicted octanol–water partition coefficient (Wildman–Crippen LogP) is 3.52. The van der Waals surface area contributed by atoms with Crippen LogP contribution in [0.2, 0.25) is 0 Å². The molecule has 1 fully saturated rings. The molecular weight excluding hydrogens is 530 g/mol. The maximum atomic E-state index is 13.5. The molecule has 0 atom stereocenters. The SMILES string of the molecule is COC(=O)c1ccc2c(c1)NC(=O)/C2=C(/c1ccccc1)N(C)c1ccc2c(c1)CN(C(=O)CN1CCN(C)CC1)C2.